The number of phenols is 1. The first-order valence-electron chi connectivity index (χ1n) is 27.6. The number of carbonyl (C=O) groups excluding carboxylic acids is 7. The van der Waals surface area contributed by atoms with E-state index in [1.807, 2.05) is 45.9 Å². The van der Waals surface area contributed by atoms with Gasteiger partial charge in [-0.1, -0.05) is 63.0 Å². The van der Waals surface area contributed by atoms with Crippen molar-refractivity contribution in [3.63, 3.8) is 0 Å². The number of thiazole rings is 1. The minimum Gasteiger partial charge on any atom is -0.507 e. The van der Waals surface area contributed by atoms with Crippen molar-refractivity contribution in [2.45, 2.75) is 116 Å². The molecule has 8 rings (SSSR count). The lowest BCUT2D eigenvalue weighted by Crippen LogP contribution is -2.52. The third-order valence-electron chi connectivity index (χ3n) is 14.9. The second-order valence-electron chi connectivity index (χ2n) is 22.4. The number of β-amino-alcohol motifs (C(OH)–C–C–N with tert-alkyl or cyclic N) is 1. The second kappa shape index (κ2) is 26.3. The van der Waals surface area contributed by atoms with Crippen molar-refractivity contribution < 1.29 is 62.2 Å². The Morgan fingerprint density at radius 1 is 0.890 bits per heavy atom. The topological polar surface area (TPSA) is 284 Å². The van der Waals surface area contributed by atoms with Crippen LogP contribution in [0.1, 0.15) is 121 Å². The molecule has 0 spiro atoms. The van der Waals surface area contributed by atoms with Gasteiger partial charge in [0, 0.05) is 70.4 Å². The fourth-order valence-corrected chi connectivity index (χ4v) is 10.7. The predicted molar refractivity (Wildman–Crippen MR) is 301 cm³/mol. The van der Waals surface area contributed by atoms with Gasteiger partial charge in [-0.3, -0.25) is 33.6 Å². The molecule has 1 aliphatic heterocycles. The quantitative estimate of drug-likeness (QED) is 0.0345. The first kappa shape index (κ1) is 60.2. The lowest BCUT2D eigenvalue weighted by Gasteiger charge is -2.35. The summed E-state index contributed by atoms with van der Waals surface area (Å²) in [6.45, 7) is 7.51. The van der Waals surface area contributed by atoms with Crippen LogP contribution in [-0.2, 0) is 36.9 Å². The molecule has 7 amide bonds. The van der Waals surface area contributed by atoms with E-state index in [1.54, 1.807) is 43.9 Å². The summed E-state index contributed by atoms with van der Waals surface area (Å²) in [5.74, 6) is -3.04. The van der Waals surface area contributed by atoms with Crippen LogP contribution >= 0.6 is 11.3 Å². The number of aryl methyl sites for hydroxylation is 2. The molecule has 23 heteroatoms. The number of alkyl halides is 1. The number of hydrogen-bond acceptors (Lipinski definition) is 15. The van der Waals surface area contributed by atoms with Gasteiger partial charge in [0.25, 0.3) is 29.5 Å². The molecule has 2 aliphatic carbocycles. The van der Waals surface area contributed by atoms with Crippen LogP contribution < -0.4 is 36.1 Å². The monoisotopic (exact) mass is 1150 g/mol. The Morgan fingerprint density at radius 2 is 1.60 bits per heavy atom. The average molecular weight is 1150 g/mol. The number of benzene rings is 3. The molecule has 0 bridgehead atoms. The van der Waals surface area contributed by atoms with Gasteiger partial charge in [-0.25, -0.2) is 9.37 Å². The van der Waals surface area contributed by atoms with Gasteiger partial charge >= 0.3 is 0 Å². The molecule has 1 saturated carbocycles. The first-order valence-corrected chi connectivity index (χ1v) is 28.5. The number of halogens is 1. The molecule has 438 valence electrons. The van der Waals surface area contributed by atoms with Crippen molar-refractivity contribution in [2.75, 3.05) is 53.5 Å². The summed E-state index contributed by atoms with van der Waals surface area (Å²) in [4.78, 5) is 99.6. The molecule has 1 saturated heterocycles. The zero-order valence-corrected chi connectivity index (χ0v) is 47.8. The summed E-state index contributed by atoms with van der Waals surface area (Å²) in [6.07, 6.45) is 3.72. The fraction of sp³-hybridized carbons (Fsp3) is 0.475. The van der Waals surface area contributed by atoms with Gasteiger partial charge in [0.2, 0.25) is 11.8 Å². The fourth-order valence-electron chi connectivity index (χ4n) is 9.95. The number of carbonyl (C=O) groups is 7. The van der Waals surface area contributed by atoms with Gasteiger partial charge in [-0.05, 0) is 97.9 Å². The number of aromatic hydroxyl groups is 1. The highest BCUT2D eigenvalue weighted by molar-refractivity contribution is 7.13. The van der Waals surface area contributed by atoms with Crippen molar-refractivity contribution in [2.24, 2.45) is 11.3 Å². The van der Waals surface area contributed by atoms with E-state index in [1.165, 1.54) is 39.3 Å². The summed E-state index contributed by atoms with van der Waals surface area (Å²) in [6, 6.07) is 15.6. The molecule has 5 aromatic rings. The average Bonchev–Trinajstić information content (AvgIpc) is 4.05. The predicted octanol–water partition coefficient (Wildman–Crippen LogP) is 5.71. The zero-order chi connectivity index (χ0) is 58.9. The summed E-state index contributed by atoms with van der Waals surface area (Å²) in [5, 5.41) is 39.3. The van der Waals surface area contributed by atoms with Crippen molar-refractivity contribution in [3.8, 4) is 39.0 Å². The number of unbranched alkanes of at least 4 members (excludes halogenated alkanes) is 3. The number of aliphatic hydroxyl groups excluding tert-OH is 1. The Bertz CT molecular complexity index is 3170. The Labute approximate surface area is 479 Å². The number of nitrogens with zero attached hydrogens (tertiary/aromatic N) is 4. The van der Waals surface area contributed by atoms with Crippen molar-refractivity contribution in [3.05, 3.63) is 99.8 Å². The Balaban J connectivity index is 0.738. The van der Waals surface area contributed by atoms with E-state index >= 15 is 0 Å². The highest BCUT2D eigenvalue weighted by Crippen LogP contribution is 2.41. The molecule has 3 aromatic carbocycles. The molecule has 3 aliphatic rings. The third kappa shape index (κ3) is 15.1. The van der Waals surface area contributed by atoms with Gasteiger partial charge in [-0.2, -0.15) is 0 Å². The molecule has 21 nitrogen and oxygen atoms in total. The normalized spacial score (nSPS) is 17.3. The molecular formula is C59H72FN9O12S. The SMILES string of the molecule is Cc1ncsc1-c1ccc(CNC(=O)[C@@H]2CC(O)CN2C(=O)C(CNC(=O)C2(F)CC2)C(C)(C)C)c(OCC(=O)NCCCCCCNC(=O)COc2ccc3c(c2)C(NC(=O)c2cc(-c4ccc(C(=O)N(C)C)c(O)c4)on2)CC3)c1. The minimum atomic E-state index is -1.90. The lowest BCUT2D eigenvalue weighted by atomic mass is 9.79. The number of fused-ring (bicyclic) bond motifs is 1. The Hall–Kier alpha value is -7.92. The van der Waals surface area contributed by atoms with Gasteiger partial charge in [0.05, 0.1) is 39.7 Å². The van der Waals surface area contributed by atoms with E-state index in [0.29, 0.717) is 55.0 Å². The number of ether oxygens (including phenoxy) is 2. The van der Waals surface area contributed by atoms with Crippen LogP contribution in [0, 0.1) is 18.3 Å². The smallest absolute Gasteiger partial charge is 0.273 e. The molecule has 2 fully saturated rings. The molecular weight excluding hydrogens is 1080 g/mol. The highest BCUT2D eigenvalue weighted by atomic mass is 32.1. The van der Waals surface area contributed by atoms with E-state index in [9.17, 15) is 48.2 Å². The van der Waals surface area contributed by atoms with Crippen LogP contribution in [0.15, 0.2) is 70.7 Å². The van der Waals surface area contributed by atoms with Gasteiger partial charge in [-0.15, -0.1) is 11.3 Å². The zero-order valence-electron chi connectivity index (χ0n) is 47.0. The summed E-state index contributed by atoms with van der Waals surface area (Å²) in [5.41, 5.74) is 3.91. The maximum absolute atomic E-state index is 14.4. The van der Waals surface area contributed by atoms with Crippen LogP contribution in [0.2, 0.25) is 0 Å². The van der Waals surface area contributed by atoms with E-state index in [4.69, 9.17) is 14.0 Å². The van der Waals surface area contributed by atoms with Crippen LogP contribution in [0.3, 0.4) is 0 Å². The van der Waals surface area contributed by atoms with Crippen LogP contribution in [0.4, 0.5) is 4.39 Å². The standard InChI is InChI=1S/C59H72FN9O12S/c1-34-52(82-33-65-34)37-11-12-38(28-63-54(75)46-25-39(70)30-69(46)56(77)43(58(2,3)4)29-64-57(78)59(60)19-20-59)48(24-37)80-32-51(73)62-22-10-8-7-9-21-61-50(72)31-79-40-16-13-35-15-18-44(42(35)26-40)66-53(74)45-27-49(81-67-45)36-14-17-41(47(71)23-36)55(76)68(5)6/h11-14,16-17,23-24,26-27,33,39,43-44,46,70-71H,7-10,15,18-22,25,28-32H2,1-6H3,(H,61,72)(H,62,73)(H,63,75)(H,64,78)(H,66,74)/t39?,43?,44?,46-/m0/s1. The molecule has 7 N–H and O–H groups in total. The third-order valence-corrected chi connectivity index (χ3v) is 15.9. The lowest BCUT2D eigenvalue weighted by molar-refractivity contribution is -0.145. The summed E-state index contributed by atoms with van der Waals surface area (Å²) >= 11 is 1.45. The van der Waals surface area contributed by atoms with Crippen LogP contribution in [0.5, 0.6) is 17.2 Å². The Morgan fingerprint density at radius 3 is 2.26 bits per heavy atom. The first-order chi connectivity index (χ1) is 39.1. The molecule has 2 aromatic heterocycles. The molecule has 4 atom stereocenters. The minimum absolute atomic E-state index is 0.00681. The maximum atomic E-state index is 14.4. The van der Waals surface area contributed by atoms with Gasteiger partial charge in [0.1, 0.15) is 23.3 Å². The number of phenolic OH excluding ortho intramolecular Hbond substituents is 1. The number of amides is 7. The molecule has 3 heterocycles. The summed E-state index contributed by atoms with van der Waals surface area (Å²) < 4.78 is 31.8. The number of aliphatic hydroxyl groups is 1. The van der Waals surface area contributed by atoms with Crippen molar-refractivity contribution >= 4 is 52.7 Å². The summed E-state index contributed by atoms with van der Waals surface area (Å²) in [7, 11) is 3.17. The van der Waals surface area contributed by atoms with E-state index in [0.717, 1.165) is 46.5 Å². The van der Waals surface area contributed by atoms with E-state index in [2.05, 4.69) is 36.7 Å². The van der Waals surface area contributed by atoms with Gasteiger partial charge < -0.3 is 60.6 Å². The molecule has 0 radical (unpaired) electrons. The van der Waals surface area contributed by atoms with Crippen molar-refractivity contribution in [1.82, 2.24) is 46.5 Å². The number of likely N-dealkylation sites (tertiary alicyclic amines) is 1. The number of hydrogen-bond donors (Lipinski definition) is 7. The second-order valence-corrected chi connectivity index (χ2v) is 23.3. The maximum Gasteiger partial charge on any atom is 0.273 e. The number of aromatic nitrogens is 2. The Kier molecular flexibility index (Phi) is 19.3. The molecule has 3 unspecified atom stereocenters. The van der Waals surface area contributed by atoms with E-state index in [-0.39, 0.29) is 98.6 Å². The molecule has 82 heavy (non-hydrogen) atoms. The highest BCUT2D eigenvalue weighted by Gasteiger charge is 2.51. The van der Waals surface area contributed by atoms with E-state index < -0.39 is 52.8 Å². The number of nitrogens with one attached hydrogen (secondary N) is 5. The van der Waals surface area contributed by atoms with Gasteiger partial charge in [0.15, 0.2) is 30.3 Å². The number of rotatable bonds is 25. The largest absolute Gasteiger partial charge is 0.507 e. The van der Waals surface area contributed by atoms with Crippen molar-refractivity contribution in [1.29, 1.82) is 0 Å². The van der Waals surface area contributed by atoms with Crippen LogP contribution in [0.25, 0.3) is 21.8 Å². The van der Waals surface area contributed by atoms with Crippen LogP contribution in [-0.4, -0.2) is 143 Å².